The molecule has 2 unspecified atom stereocenters. The molecule has 1 aromatic rings. The lowest BCUT2D eigenvalue weighted by Crippen LogP contribution is -2.48. The van der Waals surface area contributed by atoms with Crippen LogP contribution in [-0.2, 0) is 10.0 Å². The van der Waals surface area contributed by atoms with Gasteiger partial charge in [-0.25, -0.2) is 13.1 Å². The molecule has 2 bridgehead atoms. The van der Waals surface area contributed by atoms with Crippen molar-refractivity contribution in [3.05, 3.63) is 17.7 Å². The molecule has 3 aliphatic heterocycles. The molecule has 0 aliphatic carbocycles. The van der Waals surface area contributed by atoms with Crippen molar-refractivity contribution in [1.29, 1.82) is 0 Å². The van der Waals surface area contributed by atoms with Crippen molar-refractivity contribution in [3.8, 4) is 11.5 Å². The van der Waals surface area contributed by atoms with Crippen LogP contribution in [0.15, 0.2) is 17.0 Å². The van der Waals surface area contributed by atoms with E-state index in [-0.39, 0.29) is 30.1 Å². The fourth-order valence-electron chi connectivity index (χ4n) is 3.75. The van der Waals surface area contributed by atoms with E-state index in [1.165, 1.54) is 0 Å². The topological polar surface area (TPSA) is 76.7 Å². The highest BCUT2D eigenvalue weighted by atomic mass is 35.5. The van der Waals surface area contributed by atoms with Crippen LogP contribution >= 0.6 is 12.4 Å². The Kier molecular flexibility index (Phi) is 4.48. The predicted octanol–water partition coefficient (Wildman–Crippen LogP) is 1.71. The molecule has 0 aromatic heterocycles. The normalized spacial score (nSPS) is 28.5. The van der Waals surface area contributed by atoms with Crippen LogP contribution in [0.25, 0.3) is 0 Å². The summed E-state index contributed by atoms with van der Waals surface area (Å²) in [5.41, 5.74) is 0.675. The fraction of sp³-hybridized carbons (Fsp3) is 0.600. The third-order valence-electron chi connectivity index (χ3n) is 4.75. The van der Waals surface area contributed by atoms with Crippen molar-refractivity contribution in [2.24, 2.45) is 0 Å². The summed E-state index contributed by atoms with van der Waals surface area (Å²) < 4.78 is 38.9. The number of nitrogens with one attached hydrogen (secondary N) is 2. The standard InChI is InChI=1S/C15H20N2O4S.ClH/c1-9-4-13-14(21-8-20-13)7-15(9)22(18,19)17-12-5-10-2-3-11(6-12)16-10;/h4,7,10-12,16-17H,2-3,5-6,8H2,1H3;1H. The molecule has 1 aromatic carbocycles. The third-order valence-corrected chi connectivity index (χ3v) is 6.42. The van der Waals surface area contributed by atoms with Gasteiger partial charge >= 0.3 is 0 Å². The van der Waals surface area contributed by atoms with Gasteiger partial charge in [0.1, 0.15) is 0 Å². The highest BCUT2D eigenvalue weighted by molar-refractivity contribution is 7.89. The van der Waals surface area contributed by atoms with Crippen LogP contribution in [0.4, 0.5) is 0 Å². The average Bonchev–Trinajstić information content (AvgIpc) is 3.03. The van der Waals surface area contributed by atoms with E-state index >= 15 is 0 Å². The second-order valence-electron chi connectivity index (χ2n) is 6.40. The zero-order valence-electron chi connectivity index (χ0n) is 12.9. The van der Waals surface area contributed by atoms with Crippen LogP contribution in [0.1, 0.15) is 31.2 Å². The van der Waals surface area contributed by atoms with Crippen molar-refractivity contribution >= 4 is 22.4 Å². The quantitative estimate of drug-likeness (QED) is 0.858. The highest BCUT2D eigenvalue weighted by Gasteiger charge is 2.36. The number of halogens is 1. The molecule has 3 aliphatic rings. The van der Waals surface area contributed by atoms with Crippen molar-refractivity contribution in [2.45, 2.75) is 55.6 Å². The summed E-state index contributed by atoms with van der Waals surface area (Å²) in [5.74, 6) is 1.10. The molecule has 0 amide bonds. The molecule has 0 radical (unpaired) electrons. The van der Waals surface area contributed by atoms with Gasteiger partial charge in [-0.05, 0) is 44.2 Å². The summed E-state index contributed by atoms with van der Waals surface area (Å²) in [6, 6.07) is 4.20. The molecular formula is C15H21ClN2O4S. The van der Waals surface area contributed by atoms with Crippen molar-refractivity contribution in [3.63, 3.8) is 0 Å². The summed E-state index contributed by atoms with van der Waals surface area (Å²) in [6.45, 7) is 1.92. The Bertz CT molecular complexity index is 698. The molecule has 6 nitrogen and oxygen atoms in total. The van der Waals surface area contributed by atoms with Gasteiger partial charge in [-0.1, -0.05) is 0 Å². The van der Waals surface area contributed by atoms with Crippen LogP contribution in [0.5, 0.6) is 11.5 Å². The first-order valence-corrected chi connectivity index (χ1v) is 9.18. The minimum atomic E-state index is -3.54. The highest BCUT2D eigenvalue weighted by Crippen LogP contribution is 2.36. The van der Waals surface area contributed by atoms with Gasteiger partial charge in [0.05, 0.1) is 4.90 Å². The van der Waals surface area contributed by atoms with E-state index < -0.39 is 10.0 Å². The van der Waals surface area contributed by atoms with Crippen LogP contribution < -0.4 is 19.5 Å². The Balaban J connectivity index is 0.00000156. The van der Waals surface area contributed by atoms with Gasteiger partial charge in [-0.2, -0.15) is 0 Å². The number of benzene rings is 1. The van der Waals surface area contributed by atoms with E-state index in [1.54, 1.807) is 19.1 Å². The number of aryl methyl sites for hydroxylation is 1. The molecule has 4 rings (SSSR count). The van der Waals surface area contributed by atoms with E-state index in [0.717, 1.165) is 25.7 Å². The van der Waals surface area contributed by atoms with Gasteiger partial charge in [-0.15, -0.1) is 12.4 Å². The van der Waals surface area contributed by atoms with E-state index in [9.17, 15) is 8.42 Å². The van der Waals surface area contributed by atoms with Crippen molar-refractivity contribution < 1.29 is 17.9 Å². The monoisotopic (exact) mass is 360 g/mol. The van der Waals surface area contributed by atoms with Crippen LogP contribution in [0.2, 0.25) is 0 Å². The first-order valence-electron chi connectivity index (χ1n) is 7.70. The lowest BCUT2D eigenvalue weighted by Gasteiger charge is -2.29. The second kappa shape index (κ2) is 6.12. The van der Waals surface area contributed by atoms with Gasteiger partial charge < -0.3 is 14.8 Å². The van der Waals surface area contributed by atoms with Gasteiger partial charge in [-0.3, -0.25) is 0 Å². The van der Waals surface area contributed by atoms with Crippen LogP contribution in [0.3, 0.4) is 0 Å². The summed E-state index contributed by atoms with van der Waals surface area (Å²) in [7, 11) is -3.54. The molecule has 23 heavy (non-hydrogen) atoms. The average molecular weight is 361 g/mol. The maximum absolute atomic E-state index is 12.7. The van der Waals surface area contributed by atoms with Crippen LogP contribution in [-0.4, -0.2) is 33.3 Å². The van der Waals surface area contributed by atoms with Crippen molar-refractivity contribution in [1.82, 2.24) is 10.0 Å². The van der Waals surface area contributed by atoms with E-state index in [0.29, 0.717) is 29.1 Å². The molecule has 2 saturated heterocycles. The Morgan fingerprint density at radius 2 is 1.74 bits per heavy atom. The first kappa shape index (κ1) is 16.8. The molecule has 3 heterocycles. The van der Waals surface area contributed by atoms with E-state index in [2.05, 4.69) is 10.0 Å². The summed E-state index contributed by atoms with van der Waals surface area (Å²) >= 11 is 0. The number of piperidine rings is 1. The number of hydrogen-bond donors (Lipinski definition) is 2. The zero-order valence-corrected chi connectivity index (χ0v) is 14.5. The number of rotatable bonds is 3. The molecule has 0 spiro atoms. The second-order valence-corrected chi connectivity index (χ2v) is 8.08. The zero-order chi connectivity index (χ0) is 15.3. The van der Waals surface area contributed by atoms with Gasteiger partial charge in [0, 0.05) is 24.2 Å². The fourth-order valence-corrected chi connectivity index (χ4v) is 5.25. The lowest BCUT2D eigenvalue weighted by molar-refractivity contribution is 0.174. The molecule has 128 valence electrons. The number of sulfonamides is 1. The van der Waals surface area contributed by atoms with E-state index in [1.807, 2.05) is 0 Å². The molecule has 2 N–H and O–H groups in total. The minimum Gasteiger partial charge on any atom is -0.454 e. The molecule has 2 fully saturated rings. The Hall–Kier alpha value is -1.02. The molecule has 0 saturated carbocycles. The summed E-state index contributed by atoms with van der Waals surface area (Å²) in [6.07, 6.45) is 4.01. The number of fused-ring (bicyclic) bond motifs is 3. The maximum Gasteiger partial charge on any atom is 0.241 e. The SMILES string of the molecule is Cc1cc2c(cc1S(=O)(=O)NC1CC3CCC(C1)N3)OCO2.Cl. The number of hydrogen-bond acceptors (Lipinski definition) is 5. The summed E-state index contributed by atoms with van der Waals surface area (Å²) in [4.78, 5) is 0.280. The largest absolute Gasteiger partial charge is 0.454 e. The lowest BCUT2D eigenvalue weighted by atomic mass is 10.0. The van der Waals surface area contributed by atoms with E-state index in [4.69, 9.17) is 9.47 Å². The number of ether oxygens (including phenoxy) is 2. The van der Waals surface area contributed by atoms with Gasteiger partial charge in [0.15, 0.2) is 11.5 Å². The van der Waals surface area contributed by atoms with Gasteiger partial charge in [0.25, 0.3) is 0 Å². The summed E-state index contributed by atoms with van der Waals surface area (Å²) in [5, 5.41) is 3.52. The maximum atomic E-state index is 12.7. The molecular weight excluding hydrogens is 340 g/mol. The minimum absolute atomic E-state index is 0. The first-order chi connectivity index (χ1) is 10.5. The predicted molar refractivity (Wildman–Crippen MR) is 87.8 cm³/mol. The van der Waals surface area contributed by atoms with Crippen molar-refractivity contribution in [2.75, 3.05) is 6.79 Å². The Morgan fingerprint density at radius 3 is 2.39 bits per heavy atom. The Labute approximate surface area is 142 Å². The van der Waals surface area contributed by atoms with Gasteiger partial charge in [0.2, 0.25) is 16.8 Å². The smallest absolute Gasteiger partial charge is 0.241 e. The van der Waals surface area contributed by atoms with Crippen LogP contribution in [0, 0.1) is 6.92 Å². The Morgan fingerprint density at radius 1 is 1.13 bits per heavy atom. The molecule has 8 heteroatoms. The molecule has 2 atom stereocenters. The third kappa shape index (κ3) is 3.15.